The molecule has 13 heteroatoms. The Hall–Kier alpha value is -3.56. The minimum Gasteiger partial charge on any atom is -0.348 e. The number of nitrogens with zero attached hydrogens (tertiary/aromatic N) is 8. The third-order valence-electron chi connectivity index (χ3n) is 8.57. The number of fused-ring (bicyclic) bond motifs is 4. The summed E-state index contributed by atoms with van der Waals surface area (Å²) >= 11 is 6.59. The van der Waals surface area contributed by atoms with Crippen LogP contribution in [0.4, 0.5) is 0 Å². The van der Waals surface area contributed by atoms with E-state index in [0.29, 0.717) is 48.7 Å². The molecule has 0 N–H and O–H groups in total. The van der Waals surface area contributed by atoms with E-state index >= 15 is 0 Å². The fourth-order valence-corrected chi connectivity index (χ4v) is 7.89. The molecule has 4 aromatic rings. The SMILES string of the molecule is Cn1cc(C#N)cc1-c1c2c(nn1CC1=CN(S(C)(=O)=O)C3CCC(Cl)CC13)n(CC1CC1)c(=O)n1ccnc21. The highest BCUT2D eigenvalue weighted by Crippen LogP contribution is 2.43. The van der Waals surface area contributed by atoms with E-state index in [1.807, 2.05) is 22.4 Å². The number of aryl methyl sites for hydroxylation is 1. The van der Waals surface area contributed by atoms with Gasteiger partial charge in [-0.3, -0.25) is 18.0 Å². The topological polar surface area (TPSA) is 123 Å². The van der Waals surface area contributed by atoms with Gasteiger partial charge < -0.3 is 4.57 Å². The molecule has 3 unspecified atom stereocenters. The van der Waals surface area contributed by atoms with Crippen LogP contribution in [-0.2, 0) is 30.2 Å². The van der Waals surface area contributed by atoms with Gasteiger partial charge in [-0.25, -0.2) is 18.2 Å². The third kappa shape index (κ3) is 3.97. The van der Waals surface area contributed by atoms with Crippen LogP contribution in [0.1, 0.15) is 37.7 Å². The molecule has 0 amide bonds. The van der Waals surface area contributed by atoms with Crippen molar-refractivity contribution in [2.45, 2.75) is 56.6 Å². The Bertz CT molecular complexity index is 1920. The van der Waals surface area contributed by atoms with Crippen molar-refractivity contribution in [1.29, 1.82) is 5.26 Å². The maximum atomic E-state index is 13.6. The van der Waals surface area contributed by atoms with Crippen LogP contribution in [0.15, 0.2) is 41.2 Å². The van der Waals surface area contributed by atoms with Crippen molar-refractivity contribution in [2.24, 2.45) is 18.9 Å². The zero-order valence-electron chi connectivity index (χ0n) is 22.2. The quantitative estimate of drug-likeness (QED) is 0.323. The molecule has 0 aromatic carbocycles. The molecule has 0 radical (unpaired) electrons. The predicted octanol–water partition coefficient (Wildman–Crippen LogP) is 3.07. The van der Waals surface area contributed by atoms with Gasteiger partial charge in [-0.05, 0) is 49.7 Å². The summed E-state index contributed by atoms with van der Waals surface area (Å²) in [4.78, 5) is 18.1. The number of hydrogen-bond acceptors (Lipinski definition) is 6. The first-order chi connectivity index (χ1) is 19.1. The van der Waals surface area contributed by atoms with Crippen LogP contribution in [0.3, 0.4) is 0 Å². The number of alkyl halides is 1. The molecule has 40 heavy (non-hydrogen) atoms. The van der Waals surface area contributed by atoms with Crippen molar-refractivity contribution in [3.05, 3.63) is 52.5 Å². The summed E-state index contributed by atoms with van der Waals surface area (Å²) in [7, 11) is -1.59. The maximum absolute atomic E-state index is 13.6. The van der Waals surface area contributed by atoms with E-state index in [0.717, 1.165) is 41.6 Å². The van der Waals surface area contributed by atoms with Gasteiger partial charge in [-0.1, -0.05) is 0 Å². The normalized spacial score (nSPS) is 23.1. The minimum absolute atomic E-state index is 0.0281. The van der Waals surface area contributed by atoms with Crippen molar-refractivity contribution in [2.75, 3.05) is 6.26 Å². The number of hydrogen-bond donors (Lipinski definition) is 0. The first-order valence-electron chi connectivity index (χ1n) is 13.5. The average molecular weight is 581 g/mol. The van der Waals surface area contributed by atoms with Gasteiger partial charge in [-0.2, -0.15) is 10.4 Å². The van der Waals surface area contributed by atoms with Crippen LogP contribution < -0.4 is 5.69 Å². The zero-order chi connectivity index (χ0) is 27.9. The van der Waals surface area contributed by atoms with Crippen molar-refractivity contribution in [1.82, 2.24) is 32.6 Å². The lowest BCUT2D eigenvalue weighted by molar-refractivity contribution is 0.271. The second-order valence-corrected chi connectivity index (χ2v) is 13.9. The molecule has 4 aromatic heterocycles. The van der Waals surface area contributed by atoms with Crippen molar-refractivity contribution < 1.29 is 8.42 Å². The Labute approximate surface area is 235 Å². The van der Waals surface area contributed by atoms with Crippen LogP contribution in [0.25, 0.3) is 28.1 Å². The Morgan fingerprint density at radius 2 is 2.00 bits per heavy atom. The summed E-state index contributed by atoms with van der Waals surface area (Å²) in [5, 5.41) is 15.4. The lowest BCUT2D eigenvalue weighted by Gasteiger charge is -2.34. The highest BCUT2D eigenvalue weighted by molar-refractivity contribution is 7.88. The highest BCUT2D eigenvalue weighted by Gasteiger charge is 2.43. The van der Waals surface area contributed by atoms with Crippen LogP contribution in [0, 0.1) is 23.2 Å². The maximum Gasteiger partial charge on any atom is 0.335 e. The van der Waals surface area contributed by atoms with E-state index in [9.17, 15) is 18.5 Å². The molecule has 3 atom stereocenters. The molecule has 5 heterocycles. The highest BCUT2D eigenvalue weighted by atomic mass is 35.5. The Morgan fingerprint density at radius 3 is 2.70 bits per heavy atom. The largest absolute Gasteiger partial charge is 0.348 e. The summed E-state index contributed by atoms with van der Waals surface area (Å²) < 4.78 is 34.0. The van der Waals surface area contributed by atoms with E-state index in [1.165, 1.54) is 10.6 Å². The minimum atomic E-state index is -3.46. The first kappa shape index (κ1) is 25.4. The predicted molar refractivity (Wildman–Crippen MR) is 150 cm³/mol. The Morgan fingerprint density at radius 1 is 1.20 bits per heavy atom. The molecule has 0 spiro atoms. The number of imidazole rings is 1. The van der Waals surface area contributed by atoms with Crippen molar-refractivity contribution in [3.63, 3.8) is 0 Å². The average Bonchev–Trinajstić information content (AvgIpc) is 3.22. The standard InChI is InChI=1S/C27H29ClN8O3S/c1-32-12-17(11-29)9-22(32)24-23-25-30-7-8-33(25)27(37)34(13-16-3-4-16)26(23)31-35(24)14-18-15-36(40(2,38)39)21-6-5-19(28)10-20(18)21/h7-9,12,15-16,19-21H,3-6,10,13-14H2,1-2H3. The van der Waals surface area contributed by atoms with Gasteiger partial charge in [0.25, 0.3) is 0 Å². The molecule has 1 aliphatic heterocycles. The van der Waals surface area contributed by atoms with Gasteiger partial charge in [0.1, 0.15) is 6.07 Å². The fraction of sp³-hybridized carbons (Fsp3) is 0.481. The molecule has 11 nitrogen and oxygen atoms in total. The summed E-state index contributed by atoms with van der Waals surface area (Å²) in [6, 6.07) is 3.86. The molecular formula is C27H29ClN8O3S. The van der Waals surface area contributed by atoms with Crippen LogP contribution in [0.2, 0.25) is 0 Å². The van der Waals surface area contributed by atoms with Crippen LogP contribution >= 0.6 is 11.6 Å². The van der Waals surface area contributed by atoms with Gasteiger partial charge in [0.2, 0.25) is 10.0 Å². The first-order valence-corrected chi connectivity index (χ1v) is 15.8. The van der Waals surface area contributed by atoms with E-state index < -0.39 is 10.0 Å². The number of aromatic nitrogens is 6. The second-order valence-electron chi connectivity index (χ2n) is 11.4. The Kier molecular flexibility index (Phi) is 5.70. The molecular weight excluding hydrogens is 552 g/mol. The lowest BCUT2D eigenvalue weighted by atomic mass is 9.82. The Balaban J connectivity index is 1.47. The van der Waals surface area contributed by atoms with E-state index in [-0.39, 0.29) is 23.0 Å². The monoisotopic (exact) mass is 580 g/mol. The molecule has 0 saturated heterocycles. The van der Waals surface area contributed by atoms with Crippen LogP contribution in [-0.4, -0.2) is 58.7 Å². The van der Waals surface area contributed by atoms with Crippen LogP contribution in [0.5, 0.6) is 0 Å². The molecule has 2 aliphatic carbocycles. The van der Waals surface area contributed by atoms with E-state index in [2.05, 4.69) is 11.1 Å². The third-order valence-corrected chi connectivity index (χ3v) is 10.1. The summed E-state index contributed by atoms with van der Waals surface area (Å²) in [5.74, 6) is 0.398. The number of nitriles is 1. The molecule has 208 valence electrons. The number of rotatable bonds is 6. The second kappa shape index (κ2) is 8.97. The van der Waals surface area contributed by atoms with Gasteiger partial charge in [0.05, 0.1) is 41.2 Å². The fourth-order valence-electron chi connectivity index (χ4n) is 6.50. The molecule has 0 bridgehead atoms. The summed E-state index contributed by atoms with van der Waals surface area (Å²) in [5.41, 5.74) is 3.78. The zero-order valence-corrected chi connectivity index (χ0v) is 23.8. The molecule has 2 fully saturated rings. The van der Waals surface area contributed by atoms with Gasteiger partial charge >= 0.3 is 5.69 Å². The smallest absolute Gasteiger partial charge is 0.335 e. The lowest BCUT2D eigenvalue weighted by Crippen LogP contribution is -2.40. The summed E-state index contributed by atoms with van der Waals surface area (Å²) in [6.07, 6.45) is 12.3. The van der Waals surface area contributed by atoms with Gasteiger partial charge in [0.15, 0.2) is 11.3 Å². The summed E-state index contributed by atoms with van der Waals surface area (Å²) in [6.45, 7) is 0.887. The van der Waals surface area contributed by atoms with Crippen molar-refractivity contribution in [3.8, 4) is 17.5 Å². The number of halogens is 1. The van der Waals surface area contributed by atoms with Gasteiger partial charge in [0, 0.05) is 49.7 Å². The molecule has 3 aliphatic rings. The van der Waals surface area contributed by atoms with Crippen molar-refractivity contribution >= 4 is 38.3 Å². The van der Waals surface area contributed by atoms with E-state index in [4.69, 9.17) is 16.7 Å². The van der Waals surface area contributed by atoms with E-state index in [1.54, 1.807) is 33.8 Å². The number of sulfonamides is 1. The molecule has 7 rings (SSSR count). The molecule has 2 saturated carbocycles. The van der Waals surface area contributed by atoms with Gasteiger partial charge in [-0.15, -0.1) is 11.6 Å².